The minimum Gasteiger partial charge on any atom is -0.493 e. The zero-order valence-electron chi connectivity index (χ0n) is 11.1. The summed E-state index contributed by atoms with van der Waals surface area (Å²) in [6.07, 6.45) is -3.57. The van der Waals surface area contributed by atoms with Gasteiger partial charge in [0.15, 0.2) is 6.79 Å². The number of hydrogen-bond acceptors (Lipinski definition) is 4. The third-order valence-electron chi connectivity index (χ3n) is 2.25. The lowest BCUT2D eigenvalue weighted by molar-refractivity contribution is -0.186. The number of benzene rings is 1. The van der Waals surface area contributed by atoms with E-state index in [1.165, 1.54) is 6.07 Å². The van der Waals surface area contributed by atoms with Gasteiger partial charge in [0.05, 0.1) is 13.2 Å². The molecule has 1 aromatic carbocycles. The van der Waals surface area contributed by atoms with Crippen LogP contribution in [0, 0.1) is 0 Å². The molecular formula is C13H17F3O4. The van der Waals surface area contributed by atoms with Crippen LogP contribution in [0.3, 0.4) is 0 Å². The maximum Gasteiger partial charge on any atom is 0.411 e. The van der Waals surface area contributed by atoms with E-state index >= 15 is 0 Å². The van der Waals surface area contributed by atoms with E-state index < -0.39 is 19.6 Å². The van der Waals surface area contributed by atoms with E-state index in [4.69, 9.17) is 14.6 Å². The molecule has 0 heterocycles. The van der Waals surface area contributed by atoms with Gasteiger partial charge in [-0.2, -0.15) is 13.2 Å². The number of ether oxygens (including phenoxy) is 3. The molecule has 0 radical (unpaired) electrons. The Morgan fingerprint density at radius 3 is 2.55 bits per heavy atom. The van der Waals surface area contributed by atoms with Gasteiger partial charge in [-0.3, -0.25) is 0 Å². The molecule has 4 nitrogen and oxygen atoms in total. The Labute approximate surface area is 115 Å². The minimum atomic E-state index is -4.39. The second kappa shape index (κ2) is 7.96. The summed E-state index contributed by atoms with van der Waals surface area (Å²) in [6.45, 7) is 0.243. The van der Waals surface area contributed by atoms with Gasteiger partial charge >= 0.3 is 6.18 Å². The Balaban J connectivity index is 2.57. The average Bonchev–Trinajstić information content (AvgIpc) is 2.40. The average molecular weight is 294 g/mol. The van der Waals surface area contributed by atoms with E-state index in [0.717, 1.165) is 6.42 Å². The van der Waals surface area contributed by atoms with Crippen LogP contribution in [0.5, 0.6) is 11.5 Å². The van der Waals surface area contributed by atoms with Crippen LogP contribution < -0.4 is 9.47 Å². The van der Waals surface area contributed by atoms with Crippen molar-refractivity contribution >= 4 is 0 Å². The van der Waals surface area contributed by atoms with Crippen molar-refractivity contribution in [2.24, 2.45) is 0 Å². The second-order valence-corrected chi connectivity index (χ2v) is 4.00. The van der Waals surface area contributed by atoms with Gasteiger partial charge in [0.1, 0.15) is 18.1 Å². The SMILES string of the molecule is CCCOc1ccc(CO)c(OCOCC(F)(F)F)c1. The van der Waals surface area contributed by atoms with Gasteiger partial charge in [-0.1, -0.05) is 6.92 Å². The van der Waals surface area contributed by atoms with Crippen LogP contribution >= 0.6 is 0 Å². The second-order valence-electron chi connectivity index (χ2n) is 4.00. The van der Waals surface area contributed by atoms with Crippen molar-refractivity contribution < 1.29 is 32.5 Å². The maximum atomic E-state index is 11.9. The number of hydrogen-bond donors (Lipinski definition) is 1. The fourth-order valence-corrected chi connectivity index (χ4v) is 1.37. The summed E-state index contributed by atoms with van der Waals surface area (Å²) in [4.78, 5) is 0. The summed E-state index contributed by atoms with van der Waals surface area (Å²) in [5, 5.41) is 9.13. The molecular weight excluding hydrogens is 277 g/mol. The van der Waals surface area contributed by atoms with Crippen LogP contribution in [0.2, 0.25) is 0 Å². The van der Waals surface area contributed by atoms with Gasteiger partial charge in [0.25, 0.3) is 0 Å². The highest BCUT2D eigenvalue weighted by Gasteiger charge is 2.27. The summed E-state index contributed by atoms with van der Waals surface area (Å²) >= 11 is 0. The molecule has 0 aliphatic carbocycles. The van der Waals surface area contributed by atoms with Crippen LogP contribution in [0.1, 0.15) is 18.9 Å². The van der Waals surface area contributed by atoms with Crippen LogP contribution in [0.4, 0.5) is 13.2 Å². The van der Waals surface area contributed by atoms with E-state index in [1.54, 1.807) is 12.1 Å². The van der Waals surface area contributed by atoms with Gasteiger partial charge in [-0.15, -0.1) is 0 Å². The van der Waals surface area contributed by atoms with Gasteiger partial charge in [0, 0.05) is 11.6 Å². The quantitative estimate of drug-likeness (QED) is 0.591. The molecule has 0 fully saturated rings. The van der Waals surface area contributed by atoms with Crippen molar-refractivity contribution in [1.29, 1.82) is 0 Å². The molecule has 0 bridgehead atoms. The normalized spacial score (nSPS) is 11.4. The van der Waals surface area contributed by atoms with Crippen molar-refractivity contribution in [3.05, 3.63) is 23.8 Å². The lowest BCUT2D eigenvalue weighted by Gasteiger charge is -2.13. The van der Waals surface area contributed by atoms with E-state index in [1.807, 2.05) is 6.92 Å². The summed E-state index contributed by atoms with van der Waals surface area (Å²) < 4.78 is 50.5. The Morgan fingerprint density at radius 1 is 1.20 bits per heavy atom. The Bertz CT molecular complexity index is 407. The minimum absolute atomic E-state index is 0.239. The van der Waals surface area contributed by atoms with E-state index in [2.05, 4.69) is 4.74 Å². The fraction of sp³-hybridized carbons (Fsp3) is 0.538. The van der Waals surface area contributed by atoms with Crippen LogP contribution in [-0.4, -0.2) is 31.3 Å². The van der Waals surface area contributed by atoms with Crippen molar-refractivity contribution in [2.75, 3.05) is 20.0 Å². The molecule has 0 saturated heterocycles. The maximum absolute atomic E-state index is 11.9. The third-order valence-corrected chi connectivity index (χ3v) is 2.25. The first-order chi connectivity index (χ1) is 9.46. The molecule has 1 rings (SSSR count). The third kappa shape index (κ3) is 6.12. The van der Waals surface area contributed by atoms with Gasteiger partial charge in [-0.05, 0) is 18.6 Å². The molecule has 0 saturated carbocycles. The van der Waals surface area contributed by atoms with E-state index in [0.29, 0.717) is 17.9 Å². The molecule has 7 heteroatoms. The van der Waals surface area contributed by atoms with Gasteiger partial charge in [-0.25, -0.2) is 0 Å². The van der Waals surface area contributed by atoms with Gasteiger partial charge < -0.3 is 19.3 Å². The Kier molecular flexibility index (Phi) is 6.60. The Morgan fingerprint density at radius 2 is 1.95 bits per heavy atom. The predicted octanol–water partition coefficient (Wildman–Crippen LogP) is 2.88. The lowest BCUT2D eigenvalue weighted by atomic mass is 10.2. The fourth-order valence-electron chi connectivity index (χ4n) is 1.37. The molecule has 114 valence electrons. The molecule has 0 aromatic heterocycles. The van der Waals surface area contributed by atoms with Gasteiger partial charge in [0.2, 0.25) is 0 Å². The number of halogens is 3. The van der Waals surface area contributed by atoms with Crippen molar-refractivity contribution in [2.45, 2.75) is 26.1 Å². The molecule has 0 atom stereocenters. The summed E-state index contributed by atoms with van der Waals surface area (Å²) in [5.41, 5.74) is 0.449. The molecule has 1 N–H and O–H groups in total. The number of alkyl halides is 3. The van der Waals surface area contributed by atoms with Crippen molar-refractivity contribution in [1.82, 2.24) is 0 Å². The first-order valence-electron chi connectivity index (χ1n) is 6.10. The Hall–Kier alpha value is -1.47. The smallest absolute Gasteiger partial charge is 0.411 e. The van der Waals surface area contributed by atoms with Crippen LogP contribution in [0.25, 0.3) is 0 Å². The number of aliphatic hydroxyl groups excluding tert-OH is 1. The predicted molar refractivity (Wildman–Crippen MR) is 65.7 cm³/mol. The topological polar surface area (TPSA) is 47.9 Å². The largest absolute Gasteiger partial charge is 0.493 e. The molecule has 20 heavy (non-hydrogen) atoms. The molecule has 0 aliphatic heterocycles. The summed E-state index contributed by atoms with van der Waals surface area (Å²) in [5.74, 6) is 0.762. The molecule has 0 aliphatic rings. The van der Waals surface area contributed by atoms with Crippen molar-refractivity contribution in [3.8, 4) is 11.5 Å². The highest BCUT2D eigenvalue weighted by molar-refractivity contribution is 5.40. The standard InChI is InChI=1S/C13H17F3O4/c1-2-5-19-11-4-3-10(7-17)12(6-11)20-9-18-8-13(14,15)16/h3-4,6,17H,2,5,7-9H2,1H3. The van der Waals surface area contributed by atoms with E-state index in [9.17, 15) is 13.2 Å². The number of rotatable bonds is 8. The molecule has 1 aromatic rings. The van der Waals surface area contributed by atoms with Crippen LogP contribution in [-0.2, 0) is 11.3 Å². The first-order valence-corrected chi connectivity index (χ1v) is 6.10. The van der Waals surface area contributed by atoms with E-state index in [-0.39, 0.29) is 12.4 Å². The molecule has 0 spiro atoms. The highest BCUT2D eigenvalue weighted by Crippen LogP contribution is 2.25. The van der Waals surface area contributed by atoms with Crippen LogP contribution in [0.15, 0.2) is 18.2 Å². The van der Waals surface area contributed by atoms with Crippen molar-refractivity contribution in [3.63, 3.8) is 0 Å². The summed E-state index contributed by atoms with van der Waals surface area (Å²) in [6, 6.07) is 4.76. The highest BCUT2D eigenvalue weighted by atomic mass is 19.4. The zero-order valence-corrected chi connectivity index (χ0v) is 11.1. The molecule has 0 unspecified atom stereocenters. The lowest BCUT2D eigenvalue weighted by Crippen LogP contribution is -2.19. The summed E-state index contributed by atoms with van der Waals surface area (Å²) in [7, 11) is 0. The molecule has 0 amide bonds. The monoisotopic (exact) mass is 294 g/mol. The zero-order chi connectivity index (χ0) is 15.0. The first kappa shape index (κ1) is 16.6. The number of aliphatic hydroxyl groups is 1.